The second-order valence-electron chi connectivity index (χ2n) is 3.94. The molecule has 2 aromatic rings. The lowest BCUT2D eigenvalue weighted by Gasteiger charge is -2.10. The Kier molecular flexibility index (Phi) is 3.95. The second kappa shape index (κ2) is 5.65. The first kappa shape index (κ1) is 12.6. The predicted octanol–water partition coefficient (Wildman–Crippen LogP) is 3.54. The molecule has 0 saturated heterocycles. The summed E-state index contributed by atoms with van der Waals surface area (Å²) in [5.41, 5.74) is 8.47. The fourth-order valence-corrected chi connectivity index (χ4v) is 1.89. The molecule has 94 valence electrons. The number of hydrogen-bond donors (Lipinski definition) is 2. The van der Waals surface area contributed by atoms with Crippen molar-refractivity contribution >= 4 is 23.0 Å². The highest BCUT2D eigenvalue weighted by Gasteiger charge is 2.01. The lowest BCUT2D eigenvalue weighted by Crippen LogP contribution is -2.00. The van der Waals surface area contributed by atoms with Gasteiger partial charge in [0.25, 0.3) is 0 Å². The fourth-order valence-electron chi connectivity index (χ4n) is 1.67. The lowest BCUT2D eigenvalue weighted by molar-refractivity contribution is 0.417. The van der Waals surface area contributed by atoms with Crippen molar-refractivity contribution in [2.45, 2.75) is 6.54 Å². The van der Waals surface area contributed by atoms with E-state index < -0.39 is 0 Å². The van der Waals surface area contributed by atoms with Crippen LogP contribution >= 0.6 is 11.6 Å². The summed E-state index contributed by atoms with van der Waals surface area (Å²) in [4.78, 5) is 0. The zero-order valence-corrected chi connectivity index (χ0v) is 10.9. The van der Waals surface area contributed by atoms with E-state index in [0.717, 1.165) is 16.3 Å². The van der Waals surface area contributed by atoms with Gasteiger partial charge in [0, 0.05) is 23.3 Å². The zero-order valence-electron chi connectivity index (χ0n) is 10.1. The van der Waals surface area contributed by atoms with Crippen LogP contribution in [0.15, 0.2) is 42.5 Å². The van der Waals surface area contributed by atoms with E-state index in [1.807, 2.05) is 42.5 Å². The largest absolute Gasteiger partial charge is 0.495 e. The van der Waals surface area contributed by atoms with Gasteiger partial charge in [-0.1, -0.05) is 23.7 Å². The van der Waals surface area contributed by atoms with Crippen LogP contribution in [-0.4, -0.2) is 7.11 Å². The molecule has 0 fully saturated rings. The minimum Gasteiger partial charge on any atom is -0.495 e. The number of hydrogen-bond acceptors (Lipinski definition) is 3. The lowest BCUT2D eigenvalue weighted by atomic mass is 10.2. The molecule has 0 aromatic heterocycles. The van der Waals surface area contributed by atoms with Crippen molar-refractivity contribution in [1.29, 1.82) is 0 Å². The third-order valence-corrected chi connectivity index (χ3v) is 2.85. The van der Waals surface area contributed by atoms with E-state index in [1.165, 1.54) is 0 Å². The van der Waals surface area contributed by atoms with Gasteiger partial charge in [-0.25, -0.2) is 0 Å². The van der Waals surface area contributed by atoms with Crippen molar-refractivity contribution in [3.63, 3.8) is 0 Å². The van der Waals surface area contributed by atoms with Crippen molar-refractivity contribution < 1.29 is 4.74 Å². The maximum Gasteiger partial charge on any atom is 0.143 e. The normalized spacial score (nSPS) is 10.1. The van der Waals surface area contributed by atoms with Crippen LogP contribution in [-0.2, 0) is 6.54 Å². The highest BCUT2D eigenvalue weighted by molar-refractivity contribution is 6.30. The number of nitrogens with one attached hydrogen (secondary N) is 1. The van der Waals surface area contributed by atoms with Gasteiger partial charge in [-0.2, -0.15) is 0 Å². The van der Waals surface area contributed by atoms with Crippen LogP contribution in [0, 0.1) is 0 Å². The molecule has 0 aliphatic carbocycles. The summed E-state index contributed by atoms with van der Waals surface area (Å²) in [5, 5.41) is 4.04. The summed E-state index contributed by atoms with van der Waals surface area (Å²) in [5.74, 6) is 0.672. The average Bonchev–Trinajstić information content (AvgIpc) is 2.38. The Morgan fingerprint density at radius 3 is 2.78 bits per heavy atom. The molecule has 4 heteroatoms. The van der Waals surface area contributed by atoms with Gasteiger partial charge in [0.15, 0.2) is 0 Å². The van der Waals surface area contributed by atoms with Crippen LogP contribution in [0.1, 0.15) is 5.56 Å². The van der Waals surface area contributed by atoms with Crippen LogP contribution in [0.5, 0.6) is 5.75 Å². The number of halogens is 1. The predicted molar refractivity (Wildman–Crippen MR) is 76.2 cm³/mol. The highest BCUT2D eigenvalue weighted by atomic mass is 35.5. The van der Waals surface area contributed by atoms with E-state index in [2.05, 4.69) is 5.32 Å². The fraction of sp³-hybridized carbons (Fsp3) is 0.143. The molecule has 0 saturated carbocycles. The molecule has 0 heterocycles. The Morgan fingerprint density at radius 1 is 1.22 bits per heavy atom. The number of rotatable bonds is 4. The molecule has 0 amide bonds. The van der Waals surface area contributed by atoms with Crippen molar-refractivity contribution in [1.82, 2.24) is 0 Å². The van der Waals surface area contributed by atoms with Crippen molar-refractivity contribution in [3.8, 4) is 5.75 Å². The van der Waals surface area contributed by atoms with E-state index in [0.29, 0.717) is 18.0 Å². The summed E-state index contributed by atoms with van der Waals surface area (Å²) in [6, 6.07) is 13.4. The molecule has 0 unspecified atom stereocenters. The Hall–Kier alpha value is -1.87. The molecule has 3 nitrogen and oxygen atoms in total. The van der Waals surface area contributed by atoms with Crippen molar-refractivity contribution in [2.24, 2.45) is 0 Å². The Morgan fingerprint density at radius 2 is 2.06 bits per heavy atom. The summed E-state index contributed by atoms with van der Waals surface area (Å²) >= 11 is 5.93. The van der Waals surface area contributed by atoms with Gasteiger partial charge in [0.2, 0.25) is 0 Å². The van der Waals surface area contributed by atoms with Gasteiger partial charge in [-0.15, -0.1) is 0 Å². The summed E-state index contributed by atoms with van der Waals surface area (Å²) in [6.45, 7) is 0.702. The molecule has 0 spiro atoms. The van der Waals surface area contributed by atoms with Crippen LogP contribution in [0.3, 0.4) is 0 Å². The molecule has 0 aliphatic rings. The van der Waals surface area contributed by atoms with Gasteiger partial charge in [-0.05, 0) is 29.8 Å². The van der Waals surface area contributed by atoms with Gasteiger partial charge < -0.3 is 15.8 Å². The first-order valence-corrected chi connectivity index (χ1v) is 5.98. The molecule has 2 aromatic carbocycles. The number of nitrogen functional groups attached to an aromatic ring is 1. The van der Waals surface area contributed by atoms with Gasteiger partial charge in [0.05, 0.1) is 12.8 Å². The van der Waals surface area contributed by atoms with Crippen molar-refractivity contribution in [2.75, 3.05) is 18.2 Å². The quantitative estimate of drug-likeness (QED) is 0.829. The number of benzene rings is 2. The summed E-state index contributed by atoms with van der Waals surface area (Å²) in [6.07, 6.45) is 0. The number of anilines is 2. The first-order chi connectivity index (χ1) is 8.69. The Balaban J connectivity index is 2.06. The molecular weight excluding hydrogens is 248 g/mol. The van der Waals surface area contributed by atoms with E-state index in [9.17, 15) is 0 Å². The molecule has 0 bridgehead atoms. The minimum atomic E-state index is 0.630. The smallest absolute Gasteiger partial charge is 0.143 e. The molecule has 18 heavy (non-hydrogen) atoms. The standard InChI is InChI=1S/C14H15ClN2O/c1-18-14-8-12(5-6-13(14)16)17-9-10-3-2-4-11(15)7-10/h2-8,17H,9,16H2,1H3. The SMILES string of the molecule is COc1cc(NCc2cccc(Cl)c2)ccc1N. The monoisotopic (exact) mass is 262 g/mol. The second-order valence-corrected chi connectivity index (χ2v) is 4.38. The first-order valence-electron chi connectivity index (χ1n) is 5.61. The third-order valence-electron chi connectivity index (χ3n) is 2.62. The molecule has 0 radical (unpaired) electrons. The van der Waals surface area contributed by atoms with Gasteiger partial charge in [-0.3, -0.25) is 0 Å². The molecule has 0 aliphatic heterocycles. The number of methoxy groups -OCH3 is 1. The summed E-state index contributed by atoms with van der Waals surface area (Å²) in [7, 11) is 1.60. The van der Waals surface area contributed by atoms with Crippen LogP contribution in [0.25, 0.3) is 0 Å². The average molecular weight is 263 g/mol. The molecule has 0 atom stereocenters. The van der Waals surface area contributed by atoms with Crippen LogP contribution in [0.2, 0.25) is 5.02 Å². The Labute approximate surface area is 112 Å². The topological polar surface area (TPSA) is 47.3 Å². The third kappa shape index (κ3) is 3.08. The number of nitrogens with two attached hydrogens (primary N) is 1. The maximum absolute atomic E-state index is 5.93. The molecule has 2 rings (SSSR count). The molecular formula is C14H15ClN2O. The highest BCUT2D eigenvalue weighted by Crippen LogP contribution is 2.25. The van der Waals surface area contributed by atoms with E-state index in [-0.39, 0.29) is 0 Å². The summed E-state index contributed by atoms with van der Waals surface area (Å²) < 4.78 is 5.17. The van der Waals surface area contributed by atoms with Crippen LogP contribution < -0.4 is 15.8 Å². The van der Waals surface area contributed by atoms with Crippen LogP contribution in [0.4, 0.5) is 11.4 Å². The van der Waals surface area contributed by atoms with Gasteiger partial charge >= 0.3 is 0 Å². The minimum absolute atomic E-state index is 0.630. The van der Waals surface area contributed by atoms with E-state index in [4.69, 9.17) is 22.1 Å². The number of ether oxygens (including phenoxy) is 1. The van der Waals surface area contributed by atoms with Crippen molar-refractivity contribution in [3.05, 3.63) is 53.1 Å². The zero-order chi connectivity index (χ0) is 13.0. The van der Waals surface area contributed by atoms with E-state index >= 15 is 0 Å². The Bertz CT molecular complexity index is 543. The van der Waals surface area contributed by atoms with Gasteiger partial charge in [0.1, 0.15) is 5.75 Å². The molecule has 3 N–H and O–H groups in total. The van der Waals surface area contributed by atoms with E-state index in [1.54, 1.807) is 7.11 Å². The maximum atomic E-state index is 5.93.